The fraction of sp³-hybridized carbons (Fsp3) is 0.462. The number of nitrogens with one attached hydrogen (secondary N) is 2. The van der Waals surface area contributed by atoms with E-state index in [1.165, 1.54) is 20.0 Å². The van der Waals surface area contributed by atoms with E-state index in [9.17, 15) is 9.59 Å². The summed E-state index contributed by atoms with van der Waals surface area (Å²) >= 11 is 0. The van der Waals surface area contributed by atoms with E-state index in [4.69, 9.17) is 9.47 Å². The van der Waals surface area contributed by atoms with Crippen LogP contribution >= 0.6 is 0 Å². The highest BCUT2D eigenvalue weighted by Gasteiger charge is 2.20. The van der Waals surface area contributed by atoms with E-state index in [1.54, 1.807) is 18.1 Å². The molecule has 0 saturated carbocycles. The first kappa shape index (κ1) is 24.7. The van der Waals surface area contributed by atoms with Crippen LogP contribution in [0.3, 0.4) is 0 Å². The number of carbonyl (C=O) groups is 2. The average molecular weight is 454 g/mol. The van der Waals surface area contributed by atoms with Crippen LogP contribution in [0.4, 0.5) is 5.69 Å². The van der Waals surface area contributed by atoms with E-state index in [0.717, 1.165) is 48.4 Å². The molecular weight excluding hydrogens is 418 g/mol. The summed E-state index contributed by atoms with van der Waals surface area (Å²) in [5.74, 6) is 0.514. The van der Waals surface area contributed by atoms with Crippen molar-refractivity contribution in [2.45, 2.75) is 45.2 Å². The second kappa shape index (κ2) is 13.0. The van der Waals surface area contributed by atoms with Crippen molar-refractivity contribution in [2.75, 3.05) is 38.8 Å². The summed E-state index contributed by atoms with van der Waals surface area (Å²) in [5.41, 5.74) is 3.26. The van der Waals surface area contributed by atoms with Crippen molar-refractivity contribution in [3.8, 4) is 5.75 Å². The number of anilines is 1. The number of carbonyl (C=O) groups excluding carboxylic acids is 2. The molecule has 33 heavy (non-hydrogen) atoms. The number of hydrogen-bond donors (Lipinski definition) is 2. The van der Waals surface area contributed by atoms with Crippen molar-refractivity contribution in [3.63, 3.8) is 0 Å². The van der Waals surface area contributed by atoms with Crippen LogP contribution < -0.4 is 20.3 Å². The fourth-order valence-corrected chi connectivity index (χ4v) is 4.11. The van der Waals surface area contributed by atoms with Crippen LogP contribution in [0, 0.1) is 0 Å². The van der Waals surface area contributed by atoms with Gasteiger partial charge in [0.05, 0.1) is 7.11 Å². The van der Waals surface area contributed by atoms with E-state index < -0.39 is 0 Å². The zero-order valence-corrected chi connectivity index (χ0v) is 19.7. The van der Waals surface area contributed by atoms with Crippen molar-refractivity contribution in [1.82, 2.24) is 10.6 Å². The minimum atomic E-state index is -0.162. The molecule has 1 aliphatic rings. The Morgan fingerprint density at radius 3 is 2.64 bits per heavy atom. The molecule has 0 unspecified atom stereocenters. The molecule has 0 aliphatic carbocycles. The maximum atomic E-state index is 12.9. The molecule has 0 atom stereocenters. The molecule has 3 rings (SSSR count). The van der Waals surface area contributed by atoms with E-state index >= 15 is 0 Å². The molecule has 2 aromatic rings. The molecule has 7 heteroatoms. The van der Waals surface area contributed by atoms with Gasteiger partial charge in [0.1, 0.15) is 12.4 Å². The van der Waals surface area contributed by atoms with Crippen LogP contribution in [0.5, 0.6) is 5.75 Å². The number of benzene rings is 2. The van der Waals surface area contributed by atoms with Crippen LogP contribution in [0.15, 0.2) is 42.5 Å². The molecule has 0 saturated heterocycles. The Bertz CT molecular complexity index is 932. The molecule has 0 radical (unpaired) electrons. The smallest absolute Gasteiger partial charge is 0.252 e. The van der Waals surface area contributed by atoms with E-state index in [0.29, 0.717) is 25.2 Å². The summed E-state index contributed by atoms with van der Waals surface area (Å²) in [7, 11) is 3.15. The molecule has 0 spiro atoms. The maximum Gasteiger partial charge on any atom is 0.252 e. The average Bonchev–Trinajstić information content (AvgIpc) is 2.83. The first-order valence-electron chi connectivity index (χ1n) is 11.7. The van der Waals surface area contributed by atoms with E-state index in [2.05, 4.69) is 10.6 Å². The van der Waals surface area contributed by atoms with Gasteiger partial charge in [0.25, 0.3) is 11.8 Å². The van der Waals surface area contributed by atoms with Crippen LogP contribution in [-0.2, 0) is 22.6 Å². The summed E-state index contributed by atoms with van der Waals surface area (Å²) < 4.78 is 10.5. The number of ether oxygens (including phenoxy) is 2. The van der Waals surface area contributed by atoms with Crippen molar-refractivity contribution >= 4 is 17.5 Å². The lowest BCUT2D eigenvalue weighted by molar-refractivity contribution is -0.122. The Balaban J connectivity index is 1.82. The number of rotatable bonds is 6. The van der Waals surface area contributed by atoms with E-state index in [1.807, 2.05) is 36.4 Å². The van der Waals surface area contributed by atoms with Crippen molar-refractivity contribution < 1.29 is 19.1 Å². The first-order valence-corrected chi connectivity index (χ1v) is 11.7. The molecule has 7 nitrogen and oxygen atoms in total. The monoisotopic (exact) mass is 453 g/mol. The normalized spacial score (nSPS) is 15.0. The number of para-hydroxylation sites is 1. The predicted octanol–water partition coefficient (Wildman–Crippen LogP) is 3.66. The zero-order valence-electron chi connectivity index (χ0n) is 19.7. The van der Waals surface area contributed by atoms with Gasteiger partial charge >= 0.3 is 0 Å². The molecule has 0 aromatic heterocycles. The van der Waals surface area contributed by atoms with Crippen LogP contribution in [-0.4, -0.2) is 45.7 Å². The summed E-state index contributed by atoms with van der Waals surface area (Å²) in [6, 6.07) is 13.2. The maximum absolute atomic E-state index is 12.9. The quantitative estimate of drug-likeness (QED) is 0.698. The minimum Gasteiger partial charge on any atom is -0.496 e. The van der Waals surface area contributed by atoms with Gasteiger partial charge in [0.2, 0.25) is 0 Å². The number of nitrogens with zero attached hydrogens (tertiary/aromatic N) is 1. The number of amides is 2. The van der Waals surface area contributed by atoms with Gasteiger partial charge in [-0.25, -0.2) is 0 Å². The van der Waals surface area contributed by atoms with Gasteiger partial charge in [-0.2, -0.15) is 0 Å². The zero-order chi connectivity index (χ0) is 23.5. The Morgan fingerprint density at radius 2 is 1.82 bits per heavy atom. The topological polar surface area (TPSA) is 79.9 Å². The van der Waals surface area contributed by atoms with E-state index in [-0.39, 0.29) is 18.4 Å². The van der Waals surface area contributed by atoms with Gasteiger partial charge in [-0.3, -0.25) is 9.59 Å². The highest BCUT2D eigenvalue weighted by atomic mass is 16.5. The largest absolute Gasteiger partial charge is 0.496 e. The summed E-state index contributed by atoms with van der Waals surface area (Å²) in [5, 5.41) is 6.45. The van der Waals surface area contributed by atoms with Gasteiger partial charge < -0.3 is 25.0 Å². The highest BCUT2D eigenvalue weighted by molar-refractivity contribution is 5.98. The van der Waals surface area contributed by atoms with Gasteiger partial charge in [0, 0.05) is 43.6 Å². The summed E-state index contributed by atoms with van der Waals surface area (Å²) in [6.07, 6.45) is 5.52. The van der Waals surface area contributed by atoms with Crippen LogP contribution in [0.2, 0.25) is 0 Å². The third-order valence-electron chi connectivity index (χ3n) is 5.88. The summed E-state index contributed by atoms with van der Waals surface area (Å²) in [6.45, 7) is 2.56. The Kier molecular flexibility index (Phi) is 9.72. The molecule has 1 heterocycles. The lowest BCUT2D eigenvalue weighted by atomic mass is 10.0. The van der Waals surface area contributed by atoms with Gasteiger partial charge in [0.15, 0.2) is 0 Å². The second-order valence-electron chi connectivity index (χ2n) is 8.26. The lowest BCUT2D eigenvalue weighted by Crippen LogP contribution is -2.36. The van der Waals surface area contributed by atoms with Gasteiger partial charge in [-0.05, 0) is 49.2 Å². The van der Waals surface area contributed by atoms with Crippen molar-refractivity contribution in [3.05, 3.63) is 59.2 Å². The molecule has 2 aromatic carbocycles. The Hall–Kier alpha value is -2.90. The van der Waals surface area contributed by atoms with Crippen molar-refractivity contribution in [2.24, 2.45) is 0 Å². The minimum absolute atomic E-state index is 0.0357. The summed E-state index contributed by atoms with van der Waals surface area (Å²) in [4.78, 5) is 27.5. The van der Waals surface area contributed by atoms with Crippen molar-refractivity contribution in [1.29, 1.82) is 0 Å². The molecule has 2 amide bonds. The molecule has 1 aliphatic heterocycles. The van der Waals surface area contributed by atoms with Crippen LogP contribution in [0.1, 0.15) is 53.6 Å². The predicted molar refractivity (Wildman–Crippen MR) is 130 cm³/mol. The number of methoxy groups -OCH3 is 2. The Labute approximate surface area is 196 Å². The third-order valence-corrected chi connectivity index (χ3v) is 5.88. The van der Waals surface area contributed by atoms with Gasteiger partial charge in [-0.15, -0.1) is 0 Å². The second-order valence-corrected chi connectivity index (χ2v) is 8.26. The molecule has 0 bridgehead atoms. The molecular formula is C26H35N3O4. The third kappa shape index (κ3) is 7.04. The first-order chi connectivity index (χ1) is 16.1. The number of fused-ring (bicyclic) bond motifs is 1. The highest BCUT2D eigenvalue weighted by Crippen LogP contribution is 2.25. The fourth-order valence-electron chi connectivity index (χ4n) is 4.11. The lowest BCUT2D eigenvalue weighted by Gasteiger charge is -2.26. The Morgan fingerprint density at radius 1 is 1.03 bits per heavy atom. The molecule has 2 N–H and O–H groups in total. The SMILES string of the molecule is COCC(=O)N1CCCCCCCNCc2cc(C(=O)NCc3ccccc3OC)ccc21. The molecule has 178 valence electrons. The number of hydrogen-bond acceptors (Lipinski definition) is 5. The van der Waals surface area contributed by atoms with Crippen LogP contribution in [0.25, 0.3) is 0 Å². The van der Waals surface area contributed by atoms with Gasteiger partial charge in [-0.1, -0.05) is 37.5 Å². The molecule has 0 fully saturated rings. The standard InChI is InChI=1S/C26H35N3O4/c1-32-19-25(30)29-15-9-5-3-4-8-14-27-17-22-16-20(12-13-23(22)29)26(31)28-18-21-10-6-7-11-24(21)33-2/h6-7,10-13,16,27H,3-5,8-9,14-15,17-19H2,1-2H3,(H,28,31).